The maximum atomic E-state index is 12.3. The molecule has 0 bridgehead atoms. The van der Waals surface area contributed by atoms with Gasteiger partial charge in [0.05, 0.1) is 11.0 Å². The van der Waals surface area contributed by atoms with Gasteiger partial charge in [-0.3, -0.25) is 15.2 Å². The summed E-state index contributed by atoms with van der Waals surface area (Å²) in [5, 5.41) is 20.0. The number of rotatable bonds is 6. The molecule has 0 saturated carbocycles. The Balaban J connectivity index is 2.22. The molecule has 10 heteroatoms. The number of aromatic nitrogens is 3. The van der Waals surface area contributed by atoms with Crippen LogP contribution in [0.4, 0.5) is 20.2 Å². The molecule has 1 heterocycles. The Kier molecular flexibility index (Phi) is 4.26. The highest BCUT2D eigenvalue weighted by Gasteiger charge is 2.20. The zero-order valence-electron chi connectivity index (χ0n) is 10.8. The van der Waals surface area contributed by atoms with Crippen molar-refractivity contribution in [3.8, 4) is 5.75 Å². The first-order valence-electron chi connectivity index (χ1n) is 5.82. The Hall–Kier alpha value is -2.78. The van der Waals surface area contributed by atoms with E-state index in [0.717, 1.165) is 12.1 Å². The first kappa shape index (κ1) is 14.6. The zero-order valence-corrected chi connectivity index (χ0v) is 10.8. The highest BCUT2D eigenvalue weighted by atomic mass is 19.3. The van der Waals surface area contributed by atoms with Crippen molar-refractivity contribution in [3.05, 3.63) is 40.5 Å². The zero-order chi connectivity index (χ0) is 15.4. The van der Waals surface area contributed by atoms with Gasteiger partial charge in [-0.15, -0.1) is 0 Å². The van der Waals surface area contributed by atoms with Crippen LogP contribution in [0.5, 0.6) is 5.75 Å². The fourth-order valence-corrected chi connectivity index (χ4v) is 1.69. The number of ether oxygens (including phenoxy) is 1. The van der Waals surface area contributed by atoms with Gasteiger partial charge in [0.1, 0.15) is 12.2 Å². The molecule has 21 heavy (non-hydrogen) atoms. The third kappa shape index (κ3) is 3.61. The van der Waals surface area contributed by atoms with E-state index in [1.807, 2.05) is 0 Å². The first-order chi connectivity index (χ1) is 9.97. The minimum atomic E-state index is -3.15. The van der Waals surface area contributed by atoms with Gasteiger partial charge in [-0.2, -0.15) is 13.9 Å². The number of nitrogens with one attached hydrogen (secondary N) is 2. The van der Waals surface area contributed by atoms with Gasteiger partial charge >= 0.3 is 12.3 Å². The Labute approximate surface area is 117 Å². The van der Waals surface area contributed by atoms with Crippen molar-refractivity contribution < 1.29 is 18.4 Å². The quantitative estimate of drug-likeness (QED) is 0.627. The molecule has 2 N–H and O–H groups in total. The van der Waals surface area contributed by atoms with Crippen molar-refractivity contribution in [2.24, 2.45) is 0 Å². The van der Waals surface area contributed by atoms with Crippen LogP contribution < -0.4 is 10.1 Å². The normalized spacial score (nSPS) is 12.2. The summed E-state index contributed by atoms with van der Waals surface area (Å²) in [6.07, 6.45) is 1.33. The summed E-state index contributed by atoms with van der Waals surface area (Å²) < 4.78 is 28.8. The highest BCUT2D eigenvalue weighted by molar-refractivity contribution is 5.58. The monoisotopic (exact) mass is 299 g/mol. The van der Waals surface area contributed by atoms with Crippen LogP contribution in [0.1, 0.15) is 18.8 Å². The van der Waals surface area contributed by atoms with Gasteiger partial charge in [0.15, 0.2) is 0 Å². The van der Waals surface area contributed by atoms with Gasteiger partial charge in [-0.25, -0.2) is 4.98 Å². The number of benzene rings is 1. The number of alkyl halides is 2. The summed E-state index contributed by atoms with van der Waals surface area (Å²) in [6.45, 7) is -1.39. The fourth-order valence-electron chi connectivity index (χ4n) is 1.69. The maximum Gasteiger partial charge on any atom is 0.387 e. The molecule has 112 valence electrons. The van der Waals surface area contributed by atoms with E-state index in [-0.39, 0.29) is 6.04 Å². The molecule has 8 nitrogen and oxygen atoms in total. The molecule has 0 saturated heterocycles. The summed E-state index contributed by atoms with van der Waals surface area (Å²) >= 11 is 0. The second-order valence-electron chi connectivity index (χ2n) is 4.05. The van der Waals surface area contributed by atoms with E-state index in [9.17, 15) is 18.9 Å². The van der Waals surface area contributed by atoms with Crippen LogP contribution in [0.25, 0.3) is 0 Å². The summed E-state index contributed by atoms with van der Waals surface area (Å²) in [5.74, 6) is 0.0226. The largest absolute Gasteiger partial charge is 0.427 e. The molecule has 1 unspecified atom stereocenters. The van der Waals surface area contributed by atoms with Crippen molar-refractivity contribution in [1.82, 2.24) is 15.2 Å². The summed E-state index contributed by atoms with van der Waals surface area (Å²) in [7, 11) is 0. The van der Waals surface area contributed by atoms with Gasteiger partial charge in [0, 0.05) is 17.8 Å². The smallest absolute Gasteiger partial charge is 0.387 e. The lowest BCUT2D eigenvalue weighted by molar-refractivity contribution is -0.386. The van der Waals surface area contributed by atoms with Gasteiger partial charge in [0.25, 0.3) is 0 Å². The van der Waals surface area contributed by atoms with Crippen LogP contribution >= 0.6 is 0 Å². The molecule has 1 aromatic heterocycles. The summed E-state index contributed by atoms with van der Waals surface area (Å²) in [5.41, 5.74) is -0.159. The first-order valence-corrected chi connectivity index (χ1v) is 5.82. The standard InChI is InChI=1S/C11H11F2N5O3/c1-6(10-14-5-15-17-10)16-7-2-3-8(18(19)20)9(4-7)21-11(12)13/h2-6,11,16H,1H3,(H,14,15,17). The molecule has 0 aliphatic heterocycles. The van der Waals surface area contributed by atoms with E-state index < -0.39 is 23.0 Å². The molecule has 0 fully saturated rings. The van der Waals surface area contributed by atoms with Crippen LogP contribution in [0.2, 0.25) is 0 Å². The average Bonchev–Trinajstić information content (AvgIpc) is 2.91. The lowest BCUT2D eigenvalue weighted by atomic mass is 10.2. The van der Waals surface area contributed by atoms with E-state index in [0.29, 0.717) is 11.5 Å². The molecule has 2 aromatic rings. The molecule has 1 aromatic carbocycles. The van der Waals surface area contributed by atoms with Crippen LogP contribution in [-0.4, -0.2) is 26.7 Å². The number of halogens is 2. The SMILES string of the molecule is CC(Nc1ccc([N+](=O)[O-])c(OC(F)F)c1)c1ncn[nH]1. The lowest BCUT2D eigenvalue weighted by Gasteiger charge is -2.13. The molecule has 1 atom stereocenters. The molecular formula is C11H11F2N5O3. The van der Waals surface area contributed by atoms with Gasteiger partial charge in [0.2, 0.25) is 5.75 Å². The van der Waals surface area contributed by atoms with Crippen LogP contribution in [0.15, 0.2) is 24.5 Å². The van der Waals surface area contributed by atoms with Crippen molar-refractivity contribution in [2.75, 3.05) is 5.32 Å². The minimum Gasteiger partial charge on any atom is -0.427 e. The Morgan fingerprint density at radius 2 is 2.24 bits per heavy atom. The minimum absolute atomic E-state index is 0.298. The van der Waals surface area contributed by atoms with Crippen LogP contribution in [0.3, 0.4) is 0 Å². The average molecular weight is 299 g/mol. The van der Waals surface area contributed by atoms with E-state index in [2.05, 4.69) is 25.2 Å². The molecule has 0 aliphatic rings. The number of anilines is 1. The van der Waals surface area contributed by atoms with E-state index >= 15 is 0 Å². The molecule has 0 amide bonds. The molecular weight excluding hydrogens is 288 g/mol. The molecule has 0 radical (unpaired) electrons. The van der Waals surface area contributed by atoms with Crippen LogP contribution in [0, 0.1) is 10.1 Å². The van der Waals surface area contributed by atoms with E-state index in [4.69, 9.17) is 0 Å². The van der Waals surface area contributed by atoms with E-state index in [1.165, 1.54) is 12.4 Å². The van der Waals surface area contributed by atoms with Crippen molar-refractivity contribution in [2.45, 2.75) is 19.6 Å². The Bertz CT molecular complexity index is 620. The van der Waals surface area contributed by atoms with Gasteiger partial charge < -0.3 is 10.1 Å². The molecule has 0 spiro atoms. The number of nitrogens with zero attached hydrogens (tertiary/aromatic N) is 3. The van der Waals surface area contributed by atoms with Crippen molar-refractivity contribution in [1.29, 1.82) is 0 Å². The number of hydrogen-bond acceptors (Lipinski definition) is 6. The molecule has 0 aliphatic carbocycles. The fraction of sp³-hybridized carbons (Fsp3) is 0.273. The number of nitro groups is 1. The predicted octanol–water partition coefficient (Wildman–Crippen LogP) is 2.49. The number of hydrogen-bond donors (Lipinski definition) is 2. The predicted molar refractivity (Wildman–Crippen MR) is 68.1 cm³/mol. The van der Waals surface area contributed by atoms with Gasteiger partial charge in [-0.05, 0) is 13.0 Å². The lowest BCUT2D eigenvalue weighted by Crippen LogP contribution is -2.10. The number of aromatic amines is 1. The van der Waals surface area contributed by atoms with Crippen molar-refractivity contribution in [3.63, 3.8) is 0 Å². The summed E-state index contributed by atoms with van der Waals surface area (Å²) in [6, 6.07) is 3.32. The maximum absolute atomic E-state index is 12.3. The third-order valence-corrected chi connectivity index (χ3v) is 2.60. The second-order valence-corrected chi connectivity index (χ2v) is 4.05. The van der Waals surface area contributed by atoms with Crippen molar-refractivity contribution >= 4 is 11.4 Å². The Morgan fingerprint density at radius 3 is 2.81 bits per heavy atom. The highest BCUT2D eigenvalue weighted by Crippen LogP contribution is 2.32. The topological polar surface area (TPSA) is 106 Å². The van der Waals surface area contributed by atoms with Crippen LogP contribution in [-0.2, 0) is 0 Å². The Morgan fingerprint density at radius 1 is 1.48 bits per heavy atom. The number of nitro benzene ring substituents is 1. The summed E-state index contributed by atoms with van der Waals surface area (Å²) in [4.78, 5) is 13.9. The molecule has 2 rings (SSSR count). The third-order valence-electron chi connectivity index (χ3n) is 2.60. The van der Waals surface area contributed by atoms with E-state index in [1.54, 1.807) is 6.92 Å². The second kappa shape index (κ2) is 6.11. The van der Waals surface area contributed by atoms with Gasteiger partial charge in [-0.1, -0.05) is 0 Å². The number of H-pyrrole nitrogens is 1.